The number of ether oxygens (including phenoxy) is 1. The van der Waals surface area contributed by atoms with Gasteiger partial charge in [0.05, 0.1) is 4.47 Å². The van der Waals surface area contributed by atoms with Crippen molar-refractivity contribution >= 4 is 27.7 Å². The van der Waals surface area contributed by atoms with Crippen molar-refractivity contribution in [2.24, 2.45) is 0 Å². The van der Waals surface area contributed by atoms with Gasteiger partial charge >= 0.3 is 0 Å². The van der Waals surface area contributed by atoms with Gasteiger partial charge in [-0.1, -0.05) is 6.07 Å². The minimum Gasteiger partial charge on any atom is -0.456 e. The molecule has 0 aliphatic rings. The molecule has 0 spiro atoms. The zero-order valence-corrected chi connectivity index (χ0v) is 13.3. The number of nitrogens with one attached hydrogen (secondary N) is 1. The highest BCUT2D eigenvalue weighted by atomic mass is 79.9. The van der Waals surface area contributed by atoms with E-state index in [0.29, 0.717) is 0 Å². The maximum atomic E-state index is 5.87. The molecule has 0 aromatic heterocycles. The van der Waals surface area contributed by atoms with Crippen molar-refractivity contribution in [3.8, 4) is 11.5 Å². The highest BCUT2D eigenvalue weighted by Crippen LogP contribution is 2.31. The van der Waals surface area contributed by atoms with Gasteiger partial charge in [0, 0.05) is 11.4 Å². The van der Waals surface area contributed by atoms with Crippen molar-refractivity contribution in [1.29, 1.82) is 0 Å². The van der Waals surface area contributed by atoms with Crippen molar-refractivity contribution in [3.05, 3.63) is 52.5 Å². The average molecular weight is 338 g/mol. The maximum absolute atomic E-state index is 5.87. The summed E-state index contributed by atoms with van der Waals surface area (Å²) < 4.78 is 6.83. The number of thioether (sulfide) groups is 1. The Bertz CT molecular complexity index is 542. The van der Waals surface area contributed by atoms with Crippen LogP contribution in [-0.2, 0) is 6.54 Å². The molecular formula is C15H16BrNOS. The van der Waals surface area contributed by atoms with Crippen LogP contribution in [0.2, 0.25) is 0 Å². The van der Waals surface area contributed by atoms with E-state index in [1.54, 1.807) is 11.8 Å². The number of rotatable bonds is 5. The van der Waals surface area contributed by atoms with Crippen molar-refractivity contribution in [2.75, 3.05) is 13.3 Å². The van der Waals surface area contributed by atoms with Crippen molar-refractivity contribution in [1.82, 2.24) is 5.32 Å². The molecule has 1 N–H and O–H groups in total. The Morgan fingerprint density at radius 1 is 1.16 bits per heavy atom. The van der Waals surface area contributed by atoms with Crippen molar-refractivity contribution in [2.45, 2.75) is 11.4 Å². The lowest BCUT2D eigenvalue weighted by Crippen LogP contribution is -2.04. The quantitative estimate of drug-likeness (QED) is 0.800. The molecular weight excluding hydrogens is 322 g/mol. The van der Waals surface area contributed by atoms with E-state index >= 15 is 0 Å². The van der Waals surface area contributed by atoms with Crippen LogP contribution in [-0.4, -0.2) is 13.3 Å². The third kappa shape index (κ3) is 4.00. The largest absolute Gasteiger partial charge is 0.456 e. The summed E-state index contributed by atoms with van der Waals surface area (Å²) in [6, 6.07) is 14.2. The van der Waals surface area contributed by atoms with Gasteiger partial charge in [-0.2, -0.15) is 0 Å². The molecule has 0 atom stereocenters. The first-order valence-electron chi connectivity index (χ1n) is 5.98. The molecule has 4 heteroatoms. The van der Waals surface area contributed by atoms with Gasteiger partial charge in [0.15, 0.2) is 0 Å². The fraction of sp³-hybridized carbons (Fsp3) is 0.200. The molecule has 19 heavy (non-hydrogen) atoms. The van der Waals surface area contributed by atoms with Crippen molar-refractivity contribution in [3.63, 3.8) is 0 Å². The van der Waals surface area contributed by atoms with Gasteiger partial charge in [-0.05, 0) is 71.2 Å². The molecule has 0 saturated heterocycles. The summed E-state index contributed by atoms with van der Waals surface area (Å²) in [5.74, 6) is 1.68. The van der Waals surface area contributed by atoms with Gasteiger partial charge in [0.1, 0.15) is 11.5 Å². The fourth-order valence-corrected chi connectivity index (χ4v) is 2.63. The monoisotopic (exact) mass is 337 g/mol. The lowest BCUT2D eigenvalue weighted by Gasteiger charge is -2.09. The Kier molecular flexibility index (Phi) is 5.31. The first-order chi connectivity index (χ1) is 9.22. The van der Waals surface area contributed by atoms with E-state index in [2.05, 4.69) is 51.8 Å². The van der Waals surface area contributed by atoms with E-state index in [0.717, 1.165) is 22.5 Å². The SMILES string of the molecule is CNCc1ccc(Oc2ccc(SC)cc2)c(Br)c1. The number of halogens is 1. The van der Waals surface area contributed by atoms with Crippen LogP contribution >= 0.6 is 27.7 Å². The fourth-order valence-electron chi connectivity index (χ4n) is 1.71. The molecule has 0 heterocycles. The Hall–Kier alpha value is -0.970. The second-order valence-electron chi connectivity index (χ2n) is 4.07. The summed E-state index contributed by atoms with van der Waals surface area (Å²) >= 11 is 5.27. The molecule has 2 aromatic rings. The van der Waals surface area contributed by atoms with Crippen LogP contribution in [0.3, 0.4) is 0 Å². The Labute approximate surface area is 126 Å². The molecule has 100 valence electrons. The molecule has 2 nitrogen and oxygen atoms in total. The van der Waals surface area contributed by atoms with E-state index in [9.17, 15) is 0 Å². The molecule has 0 aliphatic heterocycles. The highest BCUT2D eigenvalue weighted by molar-refractivity contribution is 9.10. The summed E-state index contributed by atoms with van der Waals surface area (Å²) in [5, 5.41) is 3.13. The van der Waals surface area contributed by atoms with Gasteiger partial charge in [-0.25, -0.2) is 0 Å². The van der Waals surface area contributed by atoms with Gasteiger partial charge in [-0.3, -0.25) is 0 Å². The van der Waals surface area contributed by atoms with Crippen LogP contribution in [0.4, 0.5) is 0 Å². The van der Waals surface area contributed by atoms with E-state index in [1.807, 2.05) is 25.2 Å². The lowest BCUT2D eigenvalue weighted by molar-refractivity contribution is 0.479. The first kappa shape index (κ1) is 14.4. The molecule has 0 saturated carbocycles. The summed E-state index contributed by atoms with van der Waals surface area (Å²) in [6.45, 7) is 0.849. The summed E-state index contributed by atoms with van der Waals surface area (Å²) in [7, 11) is 1.94. The van der Waals surface area contributed by atoms with Crippen molar-refractivity contribution < 1.29 is 4.74 Å². The van der Waals surface area contributed by atoms with Crippen LogP contribution in [0.5, 0.6) is 11.5 Å². The predicted octanol–water partition coefficient (Wildman–Crippen LogP) is 4.68. The Morgan fingerprint density at radius 3 is 2.47 bits per heavy atom. The molecule has 0 fully saturated rings. The zero-order chi connectivity index (χ0) is 13.7. The standard InChI is InChI=1S/C15H16BrNOS/c1-17-10-11-3-8-15(14(16)9-11)18-12-4-6-13(19-2)7-5-12/h3-9,17H,10H2,1-2H3. The lowest BCUT2D eigenvalue weighted by atomic mass is 10.2. The smallest absolute Gasteiger partial charge is 0.141 e. The van der Waals surface area contributed by atoms with E-state index in [-0.39, 0.29) is 0 Å². The summed E-state index contributed by atoms with van der Waals surface area (Å²) in [4.78, 5) is 1.23. The second-order valence-corrected chi connectivity index (χ2v) is 5.81. The predicted molar refractivity (Wildman–Crippen MR) is 85.2 cm³/mol. The first-order valence-corrected chi connectivity index (χ1v) is 7.99. The van der Waals surface area contributed by atoms with E-state index in [4.69, 9.17) is 4.74 Å². The molecule has 0 amide bonds. The topological polar surface area (TPSA) is 21.3 Å². The second kappa shape index (κ2) is 6.98. The molecule has 2 aromatic carbocycles. The minimum atomic E-state index is 0.830. The van der Waals surface area contributed by atoms with Crippen LogP contribution in [0.25, 0.3) is 0 Å². The van der Waals surface area contributed by atoms with Crippen LogP contribution in [0.1, 0.15) is 5.56 Å². The Morgan fingerprint density at radius 2 is 1.89 bits per heavy atom. The molecule has 0 bridgehead atoms. The number of hydrogen-bond acceptors (Lipinski definition) is 3. The molecule has 0 unspecified atom stereocenters. The van der Waals surface area contributed by atoms with Crippen LogP contribution < -0.4 is 10.1 Å². The van der Waals surface area contributed by atoms with Crippen LogP contribution in [0.15, 0.2) is 51.8 Å². The maximum Gasteiger partial charge on any atom is 0.141 e. The number of benzene rings is 2. The van der Waals surface area contributed by atoms with Gasteiger partial charge in [0.2, 0.25) is 0 Å². The van der Waals surface area contributed by atoms with Crippen LogP contribution in [0, 0.1) is 0 Å². The normalized spacial score (nSPS) is 10.5. The molecule has 0 aliphatic carbocycles. The van der Waals surface area contributed by atoms with E-state index < -0.39 is 0 Å². The number of hydrogen-bond donors (Lipinski definition) is 1. The minimum absolute atomic E-state index is 0.830. The average Bonchev–Trinajstić information content (AvgIpc) is 2.43. The van der Waals surface area contributed by atoms with E-state index in [1.165, 1.54) is 10.5 Å². The van der Waals surface area contributed by atoms with Gasteiger partial charge in [0.25, 0.3) is 0 Å². The van der Waals surface area contributed by atoms with Gasteiger partial charge in [-0.15, -0.1) is 11.8 Å². The highest BCUT2D eigenvalue weighted by Gasteiger charge is 2.04. The summed E-state index contributed by atoms with van der Waals surface area (Å²) in [5.41, 5.74) is 1.22. The molecule has 2 rings (SSSR count). The Balaban J connectivity index is 2.13. The van der Waals surface area contributed by atoms with Gasteiger partial charge < -0.3 is 10.1 Å². The third-order valence-corrected chi connectivity index (χ3v) is 4.03. The zero-order valence-electron chi connectivity index (χ0n) is 10.9. The molecule has 0 radical (unpaired) electrons. The summed E-state index contributed by atoms with van der Waals surface area (Å²) in [6.07, 6.45) is 2.06. The third-order valence-electron chi connectivity index (χ3n) is 2.66.